The molecule has 0 aromatic heterocycles. The maximum absolute atomic E-state index is 12.3. The van der Waals surface area contributed by atoms with Crippen LogP contribution >= 0.6 is 0 Å². The van der Waals surface area contributed by atoms with Crippen molar-refractivity contribution in [2.45, 2.75) is 66.1 Å². The molecule has 0 radical (unpaired) electrons. The van der Waals surface area contributed by atoms with E-state index in [1.165, 1.54) is 5.56 Å². The third-order valence-electron chi connectivity index (χ3n) is 3.30. The zero-order valence-corrected chi connectivity index (χ0v) is 14.2. The first-order valence-electron chi connectivity index (χ1n) is 7.94. The second kappa shape index (κ2) is 8.18. The average molecular weight is 290 g/mol. The molecule has 0 heterocycles. The van der Waals surface area contributed by atoms with Crippen LogP contribution in [0.1, 0.15) is 47.1 Å². The summed E-state index contributed by atoms with van der Waals surface area (Å²) >= 11 is 0. The van der Waals surface area contributed by atoms with Gasteiger partial charge in [-0.2, -0.15) is 0 Å². The van der Waals surface area contributed by atoms with Crippen molar-refractivity contribution in [3.63, 3.8) is 0 Å². The van der Waals surface area contributed by atoms with Gasteiger partial charge in [-0.05, 0) is 38.0 Å². The maximum Gasteiger partial charge on any atom is 0.152 e. The highest BCUT2D eigenvalue weighted by Gasteiger charge is 2.21. The minimum atomic E-state index is -0.103. The van der Waals surface area contributed by atoms with Gasteiger partial charge in [-0.25, -0.2) is 0 Å². The number of Topliss-reactive ketones (excluding diaryl/α,β-unsaturated/α-hetero) is 1. The van der Waals surface area contributed by atoms with E-state index >= 15 is 0 Å². The monoisotopic (exact) mass is 290 g/mol. The van der Waals surface area contributed by atoms with Crippen LogP contribution in [0.2, 0.25) is 0 Å². The SMILES string of the molecule is CC(C)Nc1ccc(C[C@@H](NC(C)C)C(=O)C(C)C)cc1. The van der Waals surface area contributed by atoms with Crippen molar-refractivity contribution < 1.29 is 4.79 Å². The molecule has 1 atom stereocenters. The van der Waals surface area contributed by atoms with E-state index in [4.69, 9.17) is 0 Å². The second-order valence-electron chi connectivity index (χ2n) is 6.63. The lowest BCUT2D eigenvalue weighted by Crippen LogP contribution is -2.44. The van der Waals surface area contributed by atoms with Crippen LogP contribution in [0.4, 0.5) is 5.69 Å². The first kappa shape index (κ1) is 17.7. The van der Waals surface area contributed by atoms with Gasteiger partial charge >= 0.3 is 0 Å². The molecule has 3 nitrogen and oxygen atoms in total. The lowest BCUT2D eigenvalue weighted by Gasteiger charge is -2.22. The van der Waals surface area contributed by atoms with Gasteiger partial charge in [-0.15, -0.1) is 0 Å². The van der Waals surface area contributed by atoms with Crippen LogP contribution in [0, 0.1) is 5.92 Å². The second-order valence-corrected chi connectivity index (χ2v) is 6.63. The quantitative estimate of drug-likeness (QED) is 0.768. The molecule has 2 N–H and O–H groups in total. The van der Waals surface area contributed by atoms with Gasteiger partial charge in [0.15, 0.2) is 5.78 Å². The fourth-order valence-corrected chi connectivity index (χ4v) is 2.35. The summed E-state index contributed by atoms with van der Waals surface area (Å²) in [7, 11) is 0. The summed E-state index contributed by atoms with van der Waals surface area (Å²) in [5.41, 5.74) is 2.31. The number of benzene rings is 1. The van der Waals surface area contributed by atoms with Gasteiger partial charge in [0.25, 0.3) is 0 Å². The molecule has 0 saturated heterocycles. The van der Waals surface area contributed by atoms with Crippen molar-refractivity contribution >= 4 is 11.5 Å². The number of hydrogen-bond acceptors (Lipinski definition) is 3. The zero-order valence-electron chi connectivity index (χ0n) is 14.2. The highest BCUT2D eigenvalue weighted by molar-refractivity contribution is 5.86. The minimum absolute atomic E-state index is 0.0585. The molecule has 0 aliphatic carbocycles. The van der Waals surface area contributed by atoms with Gasteiger partial charge in [0, 0.05) is 23.7 Å². The van der Waals surface area contributed by atoms with E-state index in [0.717, 1.165) is 12.1 Å². The van der Waals surface area contributed by atoms with Crippen molar-refractivity contribution in [1.29, 1.82) is 0 Å². The van der Waals surface area contributed by atoms with Gasteiger partial charge in [0.2, 0.25) is 0 Å². The molecule has 0 unspecified atom stereocenters. The van der Waals surface area contributed by atoms with Crippen LogP contribution in [0.25, 0.3) is 0 Å². The molecule has 1 aromatic carbocycles. The molecule has 1 aromatic rings. The Morgan fingerprint density at radius 3 is 1.95 bits per heavy atom. The Bertz CT molecular complexity index is 435. The number of anilines is 1. The van der Waals surface area contributed by atoms with E-state index in [1.807, 2.05) is 13.8 Å². The van der Waals surface area contributed by atoms with Crippen molar-refractivity contribution in [3.05, 3.63) is 29.8 Å². The molecule has 0 amide bonds. The van der Waals surface area contributed by atoms with Gasteiger partial charge < -0.3 is 10.6 Å². The van der Waals surface area contributed by atoms with E-state index < -0.39 is 0 Å². The highest BCUT2D eigenvalue weighted by Crippen LogP contribution is 2.14. The molecule has 0 spiro atoms. The van der Waals surface area contributed by atoms with E-state index in [2.05, 4.69) is 62.6 Å². The van der Waals surface area contributed by atoms with Crippen LogP contribution in [0.3, 0.4) is 0 Å². The number of ketones is 1. The van der Waals surface area contributed by atoms with Crippen LogP contribution in [-0.4, -0.2) is 23.9 Å². The Morgan fingerprint density at radius 1 is 0.952 bits per heavy atom. The smallest absolute Gasteiger partial charge is 0.152 e. The molecule has 1 rings (SSSR count). The molecule has 0 bridgehead atoms. The molecule has 3 heteroatoms. The van der Waals surface area contributed by atoms with Gasteiger partial charge in [0.05, 0.1) is 6.04 Å². The number of rotatable bonds is 8. The predicted octanol–water partition coefficient (Wildman–Crippen LogP) is 3.64. The standard InChI is InChI=1S/C18H30N2O/c1-12(2)18(21)17(20-14(5)6)11-15-7-9-16(10-8-15)19-13(3)4/h7-10,12-14,17,19-20H,11H2,1-6H3/t17-/m1/s1. The molecular formula is C18H30N2O. The number of hydrogen-bond donors (Lipinski definition) is 2. The van der Waals surface area contributed by atoms with Crippen LogP contribution in [-0.2, 0) is 11.2 Å². The van der Waals surface area contributed by atoms with Crippen LogP contribution in [0.15, 0.2) is 24.3 Å². The Kier molecular flexibility index (Phi) is 6.90. The third kappa shape index (κ3) is 6.30. The van der Waals surface area contributed by atoms with Crippen molar-refractivity contribution in [2.24, 2.45) is 5.92 Å². The largest absolute Gasteiger partial charge is 0.383 e. The van der Waals surface area contributed by atoms with Crippen LogP contribution in [0.5, 0.6) is 0 Å². The molecule has 0 saturated carbocycles. The van der Waals surface area contributed by atoms with Crippen LogP contribution < -0.4 is 10.6 Å². The van der Waals surface area contributed by atoms with E-state index in [0.29, 0.717) is 12.1 Å². The number of nitrogens with one attached hydrogen (secondary N) is 2. The van der Waals surface area contributed by atoms with E-state index in [1.54, 1.807) is 0 Å². The lowest BCUT2D eigenvalue weighted by molar-refractivity contribution is -0.124. The van der Waals surface area contributed by atoms with Crippen molar-refractivity contribution in [3.8, 4) is 0 Å². The van der Waals surface area contributed by atoms with Gasteiger partial charge in [0.1, 0.15) is 0 Å². The lowest BCUT2D eigenvalue weighted by atomic mass is 9.95. The molecule has 0 aliphatic rings. The fourth-order valence-electron chi connectivity index (χ4n) is 2.35. The normalized spacial score (nSPS) is 13.0. The summed E-state index contributed by atoms with van der Waals surface area (Å²) in [6.45, 7) is 12.3. The third-order valence-corrected chi connectivity index (χ3v) is 3.30. The van der Waals surface area contributed by atoms with E-state index in [-0.39, 0.29) is 17.7 Å². The Hall–Kier alpha value is -1.35. The topological polar surface area (TPSA) is 41.1 Å². The summed E-state index contributed by atoms with van der Waals surface area (Å²) in [5, 5.41) is 6.77. The fraction of sp³-hybridized carbons (Fsp3) is 0.611. The molecule has 0 fully saturated rings. The Labute approximate surface area is 129 Å². The average Bonchev–Trinajstić information content (AvgIpc) is 2.38. The summed E-state index contributed by atoms with van der Waals surface area (Å²) < 4.78 is 0. The maximum atomic E-state index is 12.3. The summed E-state index contributed by atoms with van der Waals surface area (Å²) in [5.74, 6) is 0.344. The molecular weight excluding hydrogens is 260 g/mol. The zero-order chi connectivity index (χ0) is 16.0. The molecule has 0 aliphatic heterocycles. The predicted molar refractivity (Wildman–Crippen MR) is 90.8 cm³/mol. The first-order valence-corrected chi connectivity index (χ1v) is 7.94. The van der Waals surface area contributed by atoms with Crippen molar-refractivity contribution in [1.82, 2.24) is 5.32 Å². The molecule has 21 heavy (non-hydrogen) atoms. The molecule has 118 valence electrons. The minimum Gasteiger partial charge on any atom is -0.383 e. The highest BCUT2D eigenvalue weighted by atomic mass is 16.1. The number of carbonyl (C=O) groups is 1. The Balaban J connectivity index is 2.76. The van der Waals surface area contributed by atoms with Gasteiger partial charge in [-0.3, -0.25) is 4.79 Å². The first-order chi connectivity index (χ1) is 9.79. The van der Waals surface area contributed by atoms with Crippen molar-refractivity contribution in [2.75, 3.05) is 5.32 Å². The van der Waals surface area contributed by atoms with E-state index in [9.17, 15) is 4.79 Å². The summed E-state index contributed by atoms with van der Waals surface area (Å²) in [6.07, 6.45) is 0.747. The summed E-state index contributed by atoms with van der Waals surface area (Å²) in [6, 6.07) is 9.01. The Morgan fingerprint density at radius 2 is 1.52 bits per heavy atom. The van der Waals surface area contributed by atoms with Gasteiger partial charge in [-0.1, -0.05) is 39.8 Å². The summed E-state index contributed by atoms with van der Waals surface area (Å²) in [4.78, 5) is 12.3. The number of carbonyl (C=O) groups excluding carboxylic acids is 1.